The number of hydrogen-bond acceptors (Lipinski definition) is 4. The van der Waals surface area contributed by atoms with E-state index in [1.165, 1.54) is 38.2 Å². The Labute approximate surface area is 114 Å². The summed E-state index contributed by atoms with van der Waals surface area (Å²) in [7, 11) is -1.72. The largest absolute Gasteiger partial charge is 0.398 e. The third-order valence-corrected chi connectivity index (χ3v) is 4.81. The first-order valence-corrected chi connectivity index (χ1v) is 8.09. The number of hydrogen-bond donors (Lipinski definition) is 2. The number of rotatable bonds is 3. The zero-order chi connectivity index (χ0) is 14.0. The molecule has 1 aliphatic carbocycles. The summed E-state index contributed by atoms with van der Waals surface area (Å²) in [6.07, 6.45) is 6.15. The van der Waals surface area contributed by atoms with Gasteiger partial charge in [-0.2, -0.15) is 0 Å². The molecule has 0 spiro atoms. The lowest BCUT2D eigenvalue weighted by Crippen LogP contribution is -2.33. The minimum atomic E-state index is -3.74. The maximum atomic E-state index is 11.3. The van der Waals surface area contributed by atoms with E-state index in [2.05, 4.69) is 4.90 Å². The molecule has 0 bridgehead atoms. The Morgan fingerprint density at radius 2 is 1.84 bits per heavy atom. The summed E-state index contributed by atoms with van der Waals surface area (Å²) < 4.78 is 22.6. The topological polar surface area (TPSA) is 89.4 Å². The Balaban J connectivity index is 2.24. The van der Waals surface area contributed by atoms with Crippen LogP contribution in [-0.4, -0.2) is 21.5 Å². The van der Waals surface area contributed by atoms with Crippen molar-refractivity contribution in [1.29, 1.82) is 0 Å². The minimum absolute atomic E-state index is 0.00621. The van der Waals surface area contributed by atoms with Gasteiger partial charge in [-0.15, -0.1) is 0 Å². The van der Waals surface area contributed by atoms with Gasteiger partial charge in [0.15, 0.2) is 0 Å². The van der Waals surface area contributed by atoms with Crippen LogP contribution in [0.5, 0.6) is 0 Å². The second kappa shape index (κ2) is 5.38. The van der Waals surface area contributed by atoms with Gasteiger partial charge in [0.25, 0.3) is 0 Å². The minimum Gasteiger partial charge on any atom is -0.398 e. The molecule has 0 amide bonds. The normalized spacial score (nSPS) is 17.4. The molecule has 0 heterocycles. The molecule has 0 atom stereocenters. The maximum absolute atomic E-state index is 11.3. The average Bonchev–Trinajstić information content (AvgIpc) is 2.37. The van der Waals surface area contributed by atoms with Gasteiger partial charge in [-0.1, -0.05) is 19.3 Å². The van der Waals surface area contributed by atoms with Crippen LogP contribution in [0.15, 0.2) is 23.1 Å². The molecule has 106 valence electrons. The second-order valence-corrected chi connectivity index (χ2v) is 6.70. The van der Waals surface area contributed by atoms with Crippen molar-refractivity contribution in [2.24, 2.45) is 5.14 Å². The fourth-order valence-corrected chi connectivity index (χ4v) is 3.34. The number of anilines is 2. The van der Waals surface area contributed by atoms with E-state index in [0.717, 1.165) is 5.69 Å². The van der Waals surface area contributed by atoms with Crippen molar-refractivity contribution in [3.63, 3.8) is 0 Å². The van der Waals surface area contributed by atoms with E-state index in [1.807, 2.05) is 7.05 Å². The molecule has 1 fully saturated rings. The predicted octanol–water partition coefficient (Wildman–Crippen LogP) is 1.69. The molecule has 0 aliphatic heterocycles. The van der Waals surface area contributed by atoms with Gasteiger partial charge in [-0.3, -0.25) is 0 Å². The molecular formula is C13H21N3O2S. The predicted molar refractivity (Wildman–Crippen MR) is 77.5 cm³/mol. The van der Waals surface area contributed by atoms with E-state index in [9.17, 15) is 8.42 Å². The molecule has 1 aromatic carbocycles. The number of nitrogens with zero attached hydrogens (tertiary/aromatic N) is 1. The summed E-state index contributed by atoms with van der Waals surface area (Å²) in [4.78, 5) is 2.18. The average molecular weight is 283 g/mol. The van der Waals surface area contributed by atoms with Crippen LogP contribution >= 0.6 is 0 Å². The van der Waals surface area contributed by atoms with Gasteiger partial charge in [-0.25, -0.2) is 13.6 Å². The van der Waals surface area contributed by atoms with Crippen molar-refractivity contribution >= 4 is 21.4 Å². The Kier molecular flexibility index (Phi) is 4.01. The molecule has 2 rings (SSSR count). The number of primary sulfonamides is 1. The van der Waals surface area contributed by atoms with Gasteiger partial charge in [0.05, 0.1) is 5.69 Å². The third-order valence-electron chi connectivity index (χ3n) is 3.83. The van der Waals surface area contributed by atoms with Gasteiger partial charge in [0.2, 0.25) is 10.0 Å². The zero-order valence-corrected chi connectivity index (χ0v) is 12.0. The summed E-state index contributed by atoms with van der Waals surface area (Å²) in [6.45, 7) is 0. The second-order valence-electron chi connectivity index (χ2n) is 5.17. The molecule has 1 saturated carbocycles. The number of sulfonamides is 1. The molecule has 1 aromatic rings. The Morgan fingerprint density at radius 3 is 2.37 bits per heavy atom. The van der Waals surface area contributed by atoms with Crippen LogP contribution in [0.3, 0.4) is 0 Å². The smallest absolute Gasteiger partial charge is 0.240 e. The third kappa shape index (κ3) is 3.19. The highest BCUT2D eigenvalue weighted by Gasteiger charge is 2.20. The quantitative estimate of drug-likeness (QED) is 0.826. The standard InChI is InChI=1S/C13H21N3O2S/c1-16(10-5-3-2-4-6-10)11-7-8-13(12(14)9-11)19(15,17)18/h7-10H,2-6,14H2,1H3,(H2,15,17,18). The fraction of sp³-hybridized carbons (Fsp3) is 0.538. The van der Waals surface area contributed by atoms with Crippen LogP contribution in [0, 0.1) is 0 Å². The Bertz CT molecular complexity index is 551. The Morgan fingerprint density at radius 1 is 1.21 bits per heavy atom. The molecule has 0 saturated heterocycles. The van der Waals surface area contributed by atoms with Crippen LogP contribution in [0.25, 0.3) is 0 Å². The SMILES string of the molecule is CN(c1ccc(S(N)(=O)=O)c(N)c1)C1CCCCC1. The molecular weight excluding hydrogens is 262 g/mol. The summed E-state index contributed by atoms with van der Waals surface area (Å²) in [5.41, 5.74) is 6.94. The lowest BCUT2D eigenvalue weighted by atomic mass is 9.94. The van der Waals surface area contributed by atoms with Crippen LogP contribution in [0.1, 0.15) is 32.1 Å². The monoisotopic (exact) mass is 283 g/mol. The fourth-order valence-electron chi connectivity index (χ4n) is 2.69. The van der Waals surface area contributed by atoms with Crippen molar-refractivity contribution in [1.82, 2.24) is 0 Å². The summed E-state index contributed by atoms with van der Waals surface area (Å²) in [5.74, 6) is 0. The highest BCUT2D eigenvalue weighted by molar-refractivity contribution is 7.89. The van der Waals surface area contributed by atoms with Crippen LogP contribution in [0.4, 0.5) is 11.4 Å². The van der Waals surface area contributed by atoms with Crippen molar-refractivity contribution < 1.29 is 8.42 Å². The molecule has 1 aliphatic rings. The number of benzene rings is 1. The van der Waals surface area contributed by atoms with Gasteiger partial charge < -0.3 is 10.6 Å². The van der Waals surface area contributed by atoms with Crippen molar-refractivity contribution in [2.75, 3.05) is 17.7 Å². The van der Waals surface area contributed by atoms with Gasteiger partial charge in [-0.05, 0) is 31.0 Å². The van der Waals surface area contributed by atoms with Crippen LogP contribution in [-0.2, 0) is 10.0 Å². The maximum Gasteiger partial charge on any atom is 0.240 e. The summed E-state index contributed by atoms with van der Waals surface area (Å²) in [6, 6.07) is 5.45. The lowest BCUT2D eigenvalue weighted by Gasteiger charge is -2.33. The number of nitrogen functional groups attached to an aromatic ring is 1. The van der Waals surface area contributed by atoms with E-state index in [0.29, 0.717) is 6.04 Å². The molecule has 4 N–H and O–H groups in total. The van der Waals surface area contributed by atoms with E-state index in [1.54, 1.807) is 12.1 Å². The van der Waals surface area contributed by atoms with E-state index in [-0.39, 0.29) is 10.6 Å². The molecule has 5 nitrogen and oxygen atoms in total. The first kappa shape index (κ1) is 14.1. The zero-order valence-electron chi connectivity index (χ0n) is 11.2. The highest BCUT2D eigenvalue weighted by atomic mass is 32.2. The molecule has 19 heavy (non-hydrogen) atoms. The molecule has 0 radical (unpaired) electrons. The Hall–Kier alpha value is -1.27. The van der Waals surface area contributed by atoms with E-state index >= 15 is 0 Å². The first-order valence-electron chi connectivity index (χ1n) is 6.55. The molecule has 0 aromatic heterocycles. The van der Waals surface area contributed by atoms with Crippen molar-refractivity contribution in [3.8, 4) is 0 Å². The molecule has 6 heteroatoms. The molecule has 0 unspecified atom stereocenters. The highest BCUT2D eigenvalue weighted by Crippen LogP contribution is 2.29. The number of nitrogens with two attached hydrogens (primary N) is 2. The summed E-state index contributed by atoms with van der Waals surface area (Å²) >= 11 is 0. The first-order chi connectivity index (χ1) is 8.89. The van der Waals surface area contributed by atoms with Crippen LogP contribution < -0.4 is 15.8 Å². The van der Waals surface area contributed by atoms with Crippen molar-refractivity contribution in [3.05, 3.63) is 18.2 Å². The van der Waals surface area contributed by atoms with E-state index in [4.69, 9.17) is 10.9 Å². The summed E-state index contributed by atoms with van der Waals surface area (Å²) in [5, 5.41) is 5.11. The van der Waals surface area contributed by atoms with Gasteiger partial charge >= 0.3 is 0 Å². The van der Waals surface area contributed by atoms with Crippen molar-refractivity contribution in [2.45, 2.75) is 43.0 Å². The lowest BCUT2D eigenvalue weighted by molar-refractivity contribution is 0.427. The van der Waals surface area contributed by atoms with Gasteiger partial charge in [0, 0.05) is 18.8 Å². The van der Waals surface area contributed by atoms with E-state index < -0.39 is 10.0 Å². The van der Waals surface area contributed by atoms with Crippen LogP contribution in [0.2, 0.25) is 0 Å². The van der Waals surface area contributed by atoms with Gasteiger partial charge in [0.1, 0.15) is 4.90 Å².